The standard InChI is InChI=1S/C16H17N5/c1-9-8-14(19-13-7-5-4-6-12(9)13)16-18-11(3)10(2)15(20-16)21-17/h4-8H,17H2,1-3H3,(H,18,20,21). The molecule has 5 nitrogen and oxygen atoms in total. The van der Waals surface area contributed by atoms with Crippen LogP contribution >= 0.6 is 0 Å². The van der Waals surface area contributed by atoms with Crippen molar-refractivity contribution in [1.29, 1.82) is 0 Å². The molecule has 0 amide bonds. The van der Waals surface area contributed by atoms with Crippen molar-refractivity contribution in [3.8, 4) is 11.5 Å². The average Bonchev–Trinajstić information content (AvgIpc) is 2.50. The third-order valence-corrected chi connectivity index (χ3v) is 3.68. The van der Waals surface area contributed by atoms with E-state index in [0.29, 0.717) is 11.6 Å². The second-order valence-electron chi connectivity index (χ2n) is 5.09. The Bertz CT molecular complexity index is 826. The topological polar surface area (TPSA) is 76.7 Å². The first-order chi connectivity index (χ1) is 10.1. The number of anilines is 1. The highest BCUT2D eigenvalue weighted by molar-refractivity contribution is 5.84. The summed E-state index contributed by atoms with van der Waals surface area (Å²) >= 11 is 0. The predicted octanol–water partition coefficient (Wildman–Crippen LogP) is 2.90. The molecule has 0 aliphatic rings. The monoisotopic (exact) mass is 279 g/mol. The van der Waals surface area contributed by atoms with Crippen molar-refractivity contribution < 1.29 is 0 Å². The van der Waals surface area contributed by atoms with Crippen LogP contribution in [0.15, 0.2) is 30.3 Å². The number of aromatic nitrogens is 3. The molecule has 0 bridgehead atoms. The second kappa shape index (κ2) is 5.10. The highest BCUT2D eigenvalue weighted by Gasteiger charge is 2.11. The van der Waals surface area contributed by atoms with Crippen LogP contribution in [-0.4, -0.2) is 15.0 Å². The van der Waals surface area contributed by atoms with Crippen LogP contribution in [0.3, 0.4) is 0 Å². The Balaban J connectivity index is 2.23. The number of aryl methyl sites for hydroxylation is 2. The van der Waals surface area contributed by atoms with E-state index in [2.05, 4.69) is 33.4 Å². The number of pyridine rings is 1. The highest BCUT2D eigenvalue weighted by Crippen LogP contribution is 2.24. The largest absolute Gasteiger partial charge is 0.308 e. The first kappa shape index (κ1) is 13.5. The fourth-order valence-electron chi connectivity index (χ4n) is 2.35. The summed E-state index contributed by atoms with van der Waals surface area (Å²) in [5.74, 6) is 6.74. The summed E-state index contributed by atoms with van der Waals surface area (Å²) < 4.78 is 0. The zero-order valence-corrected chi connectivity index (χ0v) is 12.3. The smallest absolute Gasteiger partial charge is 0.180 e. The van der Waals surface area contributed by atoms with Gasteiger partial charge in [-0.2, -0.15) is 0 Å². The van der Waals surface area contributed by atoms with Crippen LogP contribution in [0.1, 0.15) is 16.8 Å². The van der Waals surface area contributed by atoms with Crippen molar-refractivity contribution in [1.82, 2.24) is 15.0 Å². The fourth-order valence-corrected chi connectivity index (χ4v) is 2.35. The van der Waals surface area contributed by atoms with Gasteiger partial charge < -0.3 is 5.43 Å². The molecule has 3 rings (SSSR count). The minimum absolute atomic E-state index is 0.583. The van der Waals surface area contributed by atoms with E-state index in [1.165, 1.54) is 0 Å². The van der Waals surface area contributed by atoms with E-state index in [1.54, 1.807) is 0 Å². The Hall–Kier alpha value is -2.53. The minimum atomic E-state index is 0.583. The zero-order chi connectivity index (χ0) is 15.0. The van der Waals surface area contributed by atoms with Crippen LogP contribution in [0.25, 0.3) is 22.4 Å². The molecule has 106 valence electrons. The minimum Gasteiger partial charge on any atom is -0.308 e. The van der Waals surface area contributed by atoms with Crippen molar-refractivity contribution in [3.63, 3.8) is 0 Å². The number of hydrogen-bond donors (Lipinski definition) is 2. The molecule has 0 saturated heterocycles. The van der Waals surface area contributed by atoms with Gasteiger partial charge in [0.25, 0.3) is 0 Å². The molecule has 2 heterocycles. The molecule has 3 aromatic rings. The van der Waals surface area contributed by atoms with Crippen LogP contribution in [0.4, 0.5) is 5.82 Å². The van der Waals surface area contributed by atoms with Crippen molar-refractivity contribution in [2.75, 3.05) is 5.43 Å². The molecule has 2 aromatic heterocycles. The molecule has 0 fully saturated rings. The number of nitrogens with zero attached hydrogens (tertiary/aromatic N) is 3. The van der Waals surface area contributed by atoms with Gasteiger partial charge in [0.1, 0.15) is 11.5 Å². The van der Waals surface area contributed by atoms with Crippen LogP contribution in [-0.2, 0) is 0 Å². The maximum atomic E-state index is 5.53. The van der Waals surface area contributed by atoms with Gasteiger partial charge in [-0.3, -0.25) is 0 Å². The van der Waals surface area contributed by atoms with Gasteiger partial charge in [0.2, 0.25) is 0 Å². The number of nitrogen functional groups attached to an aromatic ring is 1. The summed E-state index contributed by atoms with van der Waals surface area (Å²) in [5.41, 5.74) is 7.30. The average molecular weight is 279 g/mol. The van der Waals surface area contributed by atoms with Crippen LogP contribution in [0.2, 0.25) is 0 Å². The third-order valence-electron chi connectivity index (χ3n) is 3.68. The fraction of sp³-hybridized carbons (Fsp3) is 0.188. The van der Waals surface area contributed by atoms with Crippen LogP contribution in [0, 0.1) is 20.8 Å². The van der Waals surface area contributed by atoms with E-state index in [1.807, 2.05) is 38.1 Å². The highest BCUT2D eigenvalue weighted by atomic mass is 15.3. The Labute approximate surface area is 123 Å². The second-order valence-corrected chi connectivity index (χ2v) is 5.09. The van der Waals surface area contributed by atoms with Crippen molar-refractivity contribution >= 4 is 16.7 Å². The number of para-hydroxylation sites is 1. The lowest BCUT2D eigenvalue weighted by Crippen LogP contribution is -2.12. The van der Waals surface area contributed by atoms with Gasteiger partial charge in [-0.15, -0.1) is 0 Å². The SMILES string of the molecule is Cc1nc(-c2cc(C)c3ccccc3n2)nc(NN)c1C. The normalized spacial score (nSPS) is 10.9. The Morgan fingerprint density at radius 1 is 1.00 bits per heavy atom. The molecule has 0 aliphatic carbocycles. The molecule has 1 aromatic carbocycles. The van der Waals surface area contributed by atoms with Gasteiger partial charge in [0.15, 0.2) is 5.82 Å². The lowest BCUT2D eigenvalue weighted by molar-refractivity contribution is 1.05. The van der Waals surface area contributed by atoms with Crippen molar-refractivity contribution in [2.45, 2.75) is 20.8 Å². The third kappa shape index (κ3) is 2.32. The molecule has 0 aliphatic heterocycles. The number of rotatable bonds is 2. The number of benzene rings is 1. The van der Waals surface area contributed by atoms with Gasteiger partial charge in [-0.05, 0) is 38.5 Å². The molecule has 0 saturated carbocycles. The molecule has 0 radical (unpaired) electrons. The van der Waals surface area contributed by atoms with E-state index in [-0.39, 0.29) is 0 Å². The van der Waals surface area contributed by atoms with Gasteiger partial charge >= 0.3 is 0 Å². The quantitative estimate of drug-likeness (QED) is 0.557. The summed E-state index contributed by atoms with van der Waals surface area (Å²) in [6.45, 7) is 5.94. The van der Waals surface area contributed by atoms with Gasteiger partial charge in [-0.25, -0.2) is 20.8 Å². The summed E-state index contributed by atoms with van der Waals surface area (Å²) in [5, 5.41) is 1.14. The lowest BCUT2D eigenvalue weighted by Gasteiger charge is -2.10. The van der Waals surface area contributed by atoms with Crippen molar-refractivity contribution in [2.24, 2.45) is 5.84 Å². The van der Waals surface area contributed by atoms with Gasteiger partial charge in [0, 0.05) is 16.6 Å². The van der Waals surface area contributed by atoms with Gasteiger partial charge in [0.05, 0.1) is 5.52 Å². The predicted molar refractivity (Wildman–Crippen MR) is 84.8 cm³/mol. The van der Waals surface area contributed by atoms with E-state index >= 15 is 0 Å². The number of hydrazine groups is 1. The van der Waals surface area contributed by atoms with E-state index in [4.69, 9.17) is 5.84 Å². The summed E-state index contributed by atoms with van der Waals surface area (Å²) in [4.78, 5) is 13.6. The van der Waals surface area contributed by atoms with Crippen LogP contribution < -0.4 is 11.3 Å². The van der Waals surface area contributed by atoms with Crippen molar-refractivity contribution in [3.05, 3.63) is 47.2 Å². The number of nitrogens with one attached hydrogen (secondary N) is 1. The molecular formula is C16H17N5. The summed E-state index contributed by atoms with van der Waals surface area (Å²) in [6.07, 6.45) is 0. The zero-order valence-electron chi connectivity index (χ0n) is 12.3. The molecule has 0 spiro atoms. The lowest BCUT2D eigenvalue weighted by atomic mass is 10.1. The number of nitrogens with two attached hydrogens (primary N) is 1. The first-order valence-corrected chi connectivity index (χ1v) is 6.79. The van der Waals surface area contributed by atoms with E-state index in [0.717, 1.165) is 33.4 Å². The molecule has 21 heavy (non-hydrogen) atoms. The first-order valence-electron chi connectivity index (χ1n) is 6.79. The molecular weight excluding hydrogens is 262 g/mol. The van der Waals surface area contributed by atoms with Crippen LogP contribution in [0.5, 0.6) is 0 Å². The molecule has 3 N–H and O–H groups in total. The van der Waals surface area contributed by atoms with Gasteiger partial charge in [-0.1, -0.05) is 18.2 Å². The molecule has 0 atom stereocenters. The number of fused-ring (bicyclic) bond motifs is 1. The Kier molecular flexibility index (Phi) is 3.27. The Morgan fingerprint density at radius 2 is 1.76 bits per heavy atom. The number of hydrogen-bond acceptors (Lipinski definition) is 5. The maximum Gasteiger partial charge on any atom is 0.180 e. The molecule has 5 heteroatoms. The summed E-state index contributed by atoms with van der Waals surface area (Å²) in [7, 11) is 0. The maximum absolute atomic E-state index is 5.53. The van der Waals surface area contributed by atoms with E-state index < -0.39 is 0 Å². The molecule has 0 unspecified atom stereocenters. The van der Waals surface area contributed by atoms with E-state index in [9.17, 15) is 0 Å². The summed E-state index contributed by atoms with van der Waals surface area (Å²) in [6, 6.07) is 10.1. The Morgan fingerprint density at radius 3 is 2.52 bits per heavy atom.